The predicted octanol–water partition coefficient (Wildman–Crippen LogP) is 2.12. The van der Waals surface area contributed by atoms with E-state index < -0.39 is 0 Å². The summed E-state index contributed by atoms with van der Waals surface area (Å²) >= 11 is 6.00. The fourth-order valence-electron chi connectivity index (χ4n) is 1.58. The minimum Gasteiger partial charge on any atom is -0.244 e. The Morgan fingerprint density at radius 3 is 2.93 bits per heavy atom. The largest absolute Gasteiger partial charge is 0.244 e. The normalized spacial score (nSPS) is 16.4. The first-order valence-corrected chi connectivity index (χ1v) is 5.01. The second kappa shape index (κ2) is 2.67. The van der Waals surface area contributed by atoms with Gasteiger partial charge in [0.15, 0.2) is 5.65 Å². The SMILES string of the molecule is Cc1nc(Cl)c2cnn(C3CC3)c2n1. The van der Waals surface area contributed by atoms with Crippen LogP contribution in [0.4, 0.5) is 0 Å². The van der Waals surface area contributed by atoms with Gasteiger partial charge in [0.05, 0.1) is 17.6 Å². The van der Waals surface area contributed by atoms with Crippen molar-refractivity contribution in [2.45, 2.75) is 25.8 Å². The molecule has 0 amide bonds. The lowest BCUT2D eigenvalue weighted by Crippen LogP contribution is -1.99. The van der Waals surface area contributed by atoms with Gasteiger partial charge in [0.2, 0.25) is 0 Å². The molecule has 1 aliphatic carbocycles. The molecule has 5 heteroatoms. The zero-order chi connectivity index (χ0) is 9.71. The number of hydrogen-bond donors (Lipinski definition) is 0. The van der Waals surface area contributed by atoms with Gasteiger partial charge in [-0.15, -0.1) is 0 Å². The van der Waals surface area contributed by atoms with Gasteiger partial charge >= 0.3 is 0 Å². The van der Waals surface area contributed by atoms with E-state index >= 15 is 0 Å². The molecule has 2 aromatic rings. The maximum atomic E-state index is 6.00. The first-order chi connectivity index (χ1) is 6.75. The number of aryl methyl sites for hydroxylation is 1. The summed E-state index contributed by atoms with van der Waals surface area (Å²) in [6, 6.07) is 0.526. The Labute approximate surface area is 85.9 Å². The van der Waals surface area contributed by atoms with Crippen LogP contribution in [0.2, 0.25) is 5.15 Å². The summed E-state index contributed by atoms with van der Waals surface area (Å²) in [6.07, 6.45) is 4.13. The summed E-state index contributed by atoms with van der Waals surface area (Å²) in [7, 11) is 0. The van der Waals surface area contributed by atoms with E-state index in [4.69, 9.17) is 11.6 Å². The molecule has 2 aromatic heterocycles. The Bertz CT molecular complexity index is 501. The molecule has 2 heterocycles. The molecule has 0 aromatic carbocycles. The molecule has 0 saturated heterocycles. The van der Waals surface area contributed by atoms with Gasteiger partial charge < -0.3 is 0 Å². The minimum absolute atomic E-state index is 0.499. The second-order valence-electron chi connectivity index (χ2n) is 3.62. The van der Waals surface area contributed by atoms with Crippen LogP contribution in [0.25, 0.3) is 11.0 Å². The number of nitrogens with zero attached hydrogens (tertiary/aromatic N) is 4. The van der Waals surface area contributed by atoms with Gasteiger partial charge in [-0.1, -0.05) is 11.6 Å². The standard InChI is InChI=1S/C9H9ClN4/c1-5-12-8(10)7-4-11-14(6-2-3-6)9(7)13-5/h4,6H,2-3H2,1H3. The minimum atomic E-state index is 0.499. The third kappa shape index (κ3) is 1.10. The Kier molecular flexibility index (Phi) is 1.56. The number of rotatable bonds is 1. The lowest BCUT2D eigenvalue weighted by molar-refractivity contribution is 0.657. The van der Waals surface area contributed by atoms with Crippen LogP contribution in [-0.2, 0) is 0 Å². The first-order valence-electron chi connectivity index (χ1n) is 4.63. The molecule has 0 radical (unpaired) electrons. The van der Waals surface area contributed by atoms with Crippen LogP contribution in [0.1, 0.15) is 24.7 Å². The number of hydrogen-bond acceptors (Lipinski definition) is 3. The van der Waals surface area contributed by atoms with Gasteiger partial charge in [-0.05, 0) is 19.8 Å². The number of halogens is 1. The summed E-state index contributed by atoms with van der Waals surface area (Å²) in [5.41, 5.74) is 0.866. The monoisotopic (exact) mass is 208 g/mol. The van der Waals surface area contributed by atoms with E-state index in [-0.39, 0.29) is 0 Å². The molecule has 4 nitrogen and oxygen atoms in total. The highest BCUT2D eigenvalue weighted by Crippen LogP contribution is 2.36. The van der Waals surface area contributed by atoms with Crippen molar-refractivity contribution in [3.63, 3.8) is 0 Å². The molecule has 1 aliphatic rings. The predicted molar refractivity (Wildman–Crippen MR) is 53.3 cm³/mol. The van der Waals surface area contributed by atoms with Crippen LogP contribution in [0.5, 0.6) is 0 Å². The fraction of sp³-hybridized carbons (Fsp3) is 0.444. The van der Waals surface area contributed by atoms with Crippen LogP contribution in [0.3, 0.4) is 0 Å². The molecule has 0 N–H and O–H groups in total. The third-order valence-corrected chi connectivity index (χ3v) is 2.70. The molecule has 0 atom stereocenters. The molecule has 1 saturated carbocycles. The van der Waals surface area contributed by atoms with Crippen molar-refractivity contribution in [1.29, 1.82) is 0 Å². The van der Waals surface area contributed by atoms with E-state index in [1.807, 2.05) is 11.6 Å². The highest BCUT2D eigenvalue weighted by molar-refractivity contribution is 6.33. The van der Waals surface area contributed by atoms with Crippen LogP contribution in [-0.4, -0.2) is 19.7 Å². The molecular formula is C9H9ClN4. The van der Waals surface area contributed by atoms with Crippen molar-refractivity contribution >= 4 is 22.6 Å². The number of fused-ring (bicyclic) bond motifs is 1. The van der Waals surface area contributed by atoms with Crippen molar-refractivity contribution in [3.05, 3.63) is 17.2 Å². The molecule has 3 rings (SSSR count). The average molecular weight is 209 g/mol. The molecule has 0 bridgehead atoms. The zero-order valence-electron chi connectivity index (χ0n) is 7.74. The van der Waals surface area contributed by atoms with E-state index in [1.54, 1.807) is 6.20 Å². The Balaban J connectivity index is 2.33. The Hall–Kier alpha value is -1.16. The van der Waals surface area contributed by atoms with Crippen LogP contribution in [0.15, 0.2) is 6.20 Å². The average Bonchev–Trinajstić information content (AvgIpc) is 2.87. The smallest absolute Gasteiger partial charge is 0.163 e. The van der Waals surface area contributed by atoms with Gasteiger partial charge in [-0.3, -0.25) is 0 Å². The highest BCUT2D eigenvalue weighted by atomic mass is 35.5. The quantitative estimate of drug-likeness (QED) is 0.675. The molecule has 0 spiro atoms. The Morgan fingerprint density at radius 2 is 2.21 bits per heavy atom. The topological polar surface area (TPSA) is 43.6 Å². The third-order valence-electron chi connectivity index (χ3n) is 2.41. The van der Waals surface area contributed by atoms with Crippen molar-refractivity contribution in [2.24, 2.45) is 0 Å². The molecule has 1 fully saturated rings. The van der Waals surface area contributed by atoms with E-state index in [0.717, 1.165) is 11.0 Å². The fourth-order valence-corrected chi connectivity index (χ4v) is 1.84. The van der Waals surface area contributed by atoms with Crippen molar-refractivity contribution in [3.8, 4) is 0 Å². The number of aromatic nitrogens is 4. The summed E-state index contributed by atoms with van der Waals surface area (Å²) in [6.45, 7) is 1.84. The van der Waals surface area contributed by atoms with E-state index in [2.05, 4.69) is 15.1 Å². The summed E-state index contributed by atoms with van der Waals surface area (Å²) < 4.78 is 1.95. The lowest BCUT2D eigenvalue weighted by Gasteiger charge is -2.00. The van der Waals surface area contributed by atoms with Gasteiger partial charge in [0.1, 0.15) is 11.0 Å². The first kappa shape index (κ1) is 8.17. The van der Waals surface area contributed by atoms with Crippen LogP contribution < -0.4 is 0 Å². The Morgan fingerprint density at radius 1 is 1.43 bits per heavy atom. The van der Waals surface area contributed by atoms with E-state index in [0.29, 0.717) is 17.0 Å². The highest BCUT2D eigenvalue weighted by Gasteiger charge is 2.27. The summed E-state index contributed by atoms with van der Waals surface area (Å²) in [5.74, 6) is 0.699. The van der Waals surface area contributed by atoms with Gasteiger partial charge in [0, 0.05) is 0 Å². The van der Waals surface area contributed by atoms with Crippen LogP contribution >= 0.6 is 11.6 Å². The zero-order valence-corrected chi connectivity index (χ0v) is 8.49. The summed E-state index contributed by atoms with van der Waals surface area (Å²) in [5, 5.41) is 5.64. The van der Waals surface area contributed by atoms with Crippen molar-refractivity contribution in [2.75, 3.05) is 0 Å². The maximum absolute atomic E-state index is 6.00. The molecule has 0 unspecified atom stereocenters. The summed E-state index contributed by atoms with van der Waals surface area (Å²) in [4.78, 5) is 8.46. The van der Waals surface area contributed by atoms with Crippen LogP contribution in [0, 0.1) is 6.92 Å². The molecular weight excluding hydrogens is 200 g/mol. The van der Waals surface area contributed by atoms with Crippen molar-refractivity contribution < 1.29 is 0 Å². The second-order valence-corrected chi connectivity index (χ2v) is 3.98. The van der Waals surface area contributed by atoms with E-state index in [1.165, 1.54) is 12.8 Å². The van der Waals surface area contributed by atoms with Crippen molar-refractivity contribution in [1.82, 2.24) is 19.7 Å². The van der Waals surface area contributed by atoms with E-state index in [9.17, 15) is 0 Å². The molecule has 0 aliphatic heterocycles. The van der Waals surface area contributed by atoms with Gasteiger partial charge in [-0.25, -0.2) is 14.6 Å². The molecule has 14 heavy (non-hydrogen) atoms. The van der Waals surface area contributed by atoms with Gasteiger partial charge in [-0.2, -0.15) is 5.10 Å². The lowest BCUT2D eigenvalue weighted by atomic mass is 10.4. The molecule has 72 valence electrons. The van der Waals surface area contributed by atoms with Gasteiger partial charge in [0.25, 0.3) is 0 Å². The maximum Gasteiger partial charge on any atom is 0.163 e.